The summed E-state index contributed by atoms with van der Waals surface area (Å²) in [5, 5.41) is 11.7. The number of fused-ring (bicyclic) bond motifs is 1. The van der Waals surface area contributed by atoms with Crippen molar-refractivity contribution >= 4 is 29.7 Å². The molecule has 2 rings (SSSR count). The maximum Gasteiger partial charge on any atom is 0.341 e. The number of anilines is 1. The summed E-state index contributed by atoms with van der Waals surface area (Å²) < 4.78 is 27.4. The van der Waals surface area contributed by atoms with Crippen molar-refractivity contribution in [1.82, 2.24) is 4.57 Å². The van der Waals surface area contributed by atoms with Gasteiger partial charge in [-0.2, -0.15) is 0 Å². The third-order valence-electron chi connectivity index (χ3n) is 3.16. The highest BCUT2D eigenvalue weighted by Gasteiger charge is 2.19. The maximum absolute atomic E-state index is 13.9. The van der Waals surface area contributed by atoms with Gasteiger partial charge in [-0.05, 0) is 25.5 Å². The fraction of sp³-hybridized carbons (Fsp3) is 0.286. The van der Waals surface area contributed by atoms with E-state index in [1.54, 1.807) is 13.3 Å². The minimum Gasteiger partial charge on any atom is -0.477 e. The fourth-order valence-electron chi connectivity index (χ4n) is 2.24. The van der Waals surface area contributed by atoms with Crippen LogP contribution in [0, 0.1) is 5.82 Å². The zero-order chi connectivity index (χ0) is 16.7. The van der Waals surface area contributed by atoms with Crippen LogP contribution in [0.3, 0.4) is 0 Å². The molecule has 8 heteroatoms. The second kappa shape index (κ2) is 5.57. The molecule has 22 heavy (non-hydrogen) atoms. The number of pyridine rings is 1. The van der Waals surface area contributed by atoms with Crippen LogP contribution in [0.1, 0.15) is 10.4 Å². The lowest BCUT2D eigenvalue weighted by molar-refractivity contribution is 0.0695. The van der Waals surface area contributed by atoms with Crippen LogP contribution >= 0.6 is 7.14 Å². The van der Waals surface area contributed by atoms with E-state index in [9.17, 15) is 18.5 Å². The quantitative estimate of drug-likeness (QED) is 0.843. The number of hydrogen-bond donors (Lipinski definition) is 2. The van der Waals surface area contributed by atoms with Gasteiger partial charge in [0.2, 0.25) is 5.43 Å². The first kappa shape index (κ1) is 16.2. The molecular formula is C14H16FN2O4P. The van der Waals surface area contributed by atoms with Crippen LogP contribution in [0.15, 0.2) is 23.1 Å². The molecule has 2 N–H and O–H groups in total. The summed E-state index contributed by atoms with van der Waals surface area (Å²) >= 11 is 0. The van der Waals surface area contributed by atoms with E-state index in [1.807, 2.05) is 0 Å². The third kappa shape index (κ3) is 3.04. The van der Waals surface area contributed by atoms with Crippen LogP contribution in [-0.2, 0) is 10.9 Å². The highest BCUT2D eigenvalue weighted by atomic mass is 31.2. The van der Waals surface area contributed by atoms with Gasteiger partial charge in [0.1, 0.15) is 18.5 Å². The summed E-state index contributed by atoms with van der Waals surface area (Å²) in [4.78, 5) is 23.4. The van der Waals surface area contributed by atoms with Gasteiger partial charge in [-0.3, -0.25) is 4.79 Å². The monoisotopic (exact) mass is 326 g/mol. The van der Waals surface area contributed by atoms with Crippen molar-refractivity contribution in [2.45, 2.75) is 6.29 Å². The van der Waals surface area contributed by atoms with Crippen molar-refractivity contribution in [2.75, 3.05) is 25.7 Å². The zero-order valence-electron chi connectivity index (χ0n) is 12.4. The first-order chi connectivity index (χ1) is 10.1. The van der Waals surface area contributed by atoms with Crippen LogP contribution in [-0.4, -0.2) is 36.0 Å². The molecule has 1 heterocycles. The topological polar surface area (TPSA) is 88.4 Å². The van der Waals surface area contributed by atoms with E-state index < -0.39 is 29.9 Å². The number of aromatic nitrogens is 1. The molecule has 2 aromatic rings. The molecule has 0 unspecified atom stereocenters. The third-order valence-corrected chi connectivity index (χ3v) is 4.15. The van der Waals surface area contributed by atoms with Gasteiger partial charge in [0.25, 0.3) is 0 Å². The summed E-state index contributed by atoms with van der Waals surface area (Å²) in [6, 6.07) is 2.41. The summed E-state index contributed by atoms with van der Waals surface area (Å²) in [7, 11) is -1.01. The molecule has 118 valence electrons. The van der Waals surface area contributed by atoms with Gasteiger partial charge in [-0.1, -0.05) is 0 Å². The lowest BCUT2D eigenvalue weighted by Crippen LogP contribution is -2.19. The summed E-state index contributed by atoms with van der Waals surface area (Å²) in [5.41, 5.74) is -0.727. The summed E-state index contributed by atoms with van der Waals surface area (Å²) in [6.07, 6.45) is 1.21. The molecule has 0 atom stereocenters. The van der Waals surface area contributed by atoms with Crippen LogP contribution in [0.25, 0.3) is 10.9 Å². The molecule has 0 saturated heterocycles. The zero-order valence-corrected chi connectivity index (χ0v) is 13.3. The Bertz CT molecular complexity index is 869. The number of carboxylic acids is 1. The van der Waals surface area contributed by atoms with Crippen molar-refractivity contribution in [2.24, 2.45) is 0 Å². The van der Waals surface area contributed by atoms with Crippen LogP contribution in [0.2, 0.25) is 0 Å². The molecule has 0 bridgehead atoms. The van der Waals surface area contributed by atoms with Crippen LogP contribution in [0.5, 0.6) is 0 Å². The normalized spacial score (nSPS) is 11.6. The van der Waals surface area contributed by atoms with Crippen molar-refractivity contribution in [3.8, 4) is 0 Å². The highest BCUT2D eigenvalue weighted by Crippen LogP contribution is 2.39. The number of halogens is 1. The number of hydrogen-bond acceptors (Lipinski definition) is 4. The van der Waals surface area contributed by atoms with E-state index in [-0.39, 0.29) is 17.4 Å². The molecular weight excluding hydrogens is 310 g/mol. The SMILES string of the molecule is CNc1cc2c(cc1F)c(=O)c(C(=O)O)cn2CP(C)(C)=O. The van der Waals surface area contributed by atoms with Gasteiger partial charge in [-0.25, -0.2) is 9.18 Å². The molecule has 1 aromatic carbocycles. The molecule has 0 fully saturated rings. The minimum atomic E-state index is -2.54. The molecule has 0 radical (unpaired) electrons. The number of nitrogens with zero attached hydrogens (tertiary/aromatic N) is 1. The number of carboxylic acid groups (broad SMARTS) is 1. The number of benzene rings is 1. The Balaban J connectivity index is 2.91. The predicted molar refractivity (Wildman–Crippen MR) is 84.1 cm³/mol. The molecule has 0 aliphatic rings. The smallest absolute Gasteiger partial charge is 0.341 e. The Hall–Kier alpha value is -2.14. The van der Waals surface area contributed by atoms with E-state index in [0.717, 1.165) is 12.3 Å². The van der Waals surface area contributed by atoms with Crippen molar-refractivity contribution in [3.05, 3.63) is 39.9 Å². The number of nitrogens with one attached hydrogen (secondary N) is 1. The number of aromatic carboxylic acids is 1. The lowest BCUT2D eigenvalue weighted by Gasteiger charge is -2.16. The van der Waals surface area contributed by atoms with Crippen molar-refractivity contribution < 1.29 is 18.9 Å². The maximum atomic E-state index is 13.9. The first-order valence-corrected chi connectivity index (χ1v) is 9.24. The second-order valence-electron chi connectivity index (χ2n) is 5.46. The number of carbonyl (C=O) groups is 1. The van der Waals surface area contributed by atoms with E-state index >= 15 is 0 Å². The Morgan fingerprint density at radius 1 is 1.41 bits per heavy atom. The first-order valence-electron chi connectivity index (χ1n) is 6.46. The average Bonchev–Trinajstić information content (AvgIpc) is 2.39. The minimum absolute atomic E-state index is 0.0511. The molecule has 0 saturated carbocycles. The van der Waals surface area contributed by atoms with Crippen LogP contribution < -0.4 is 10.7 Å². The van der Waals surface area contributed by atoms with Gasteiger partial charge in [0.15, 0.2) is 0 Å². The number of rotatable bonds is 4. The standard InChI is InChI=1S/C14H16FN2O4P/c1-16-11-5-12-8(4-10(11)15)13(18)9(14(19)20)6-17(12)7-22(2,3)21/h4-6,16H,7H2,1-3H3,(H,19,20). The van der Waals surface area contributed by atoms with Crippen molar-refractivity contribution in [1.29, 1.82) is 0 Å². The second-order valence-corrected chi connectivity index (χ2v) is 8.89. The largest absolute Gasteiger partial charge is 0.477 e. The molecule has 0 spiro atoms. The van der Waals surface area contributed by atoms with Crippen LogP contribution in [0.4, 0.5) is 10.1 Å². The molecule has 0 aliphatic carbocycles. The Kier molecular flexibility index (Phi) is 4.11. The van der Waals surface area contributed by atoms with Gasteiger partial charge in [0.05, 0.1) is 17.5 Å². The van der Waals surface area contributed by atoms with Gasteiger partial charge < -0.3 is 19.6 Å². The van der Waals surface area contributed by atoms with E-state index in [0.29, 0.717) is 5.52 Å². The Morgan fingerprint density at radius 2 is 2.05 bits per heavy atom. The van der Waals surface area contributed by atoms with Gasteiger partial charge >= 0.3 is 5.97 Å². The average molecular weight is 326 g/mol. The Labute approximate surface area is 125 Å². The van der Waals surface area contributed by atoms with E-state index in [2.05, 4.69) is 5.32 Å². The molecule has 0 aliphatic heterocycles. The van der Waals surface area contributed by atoms with Gasteiger partial charge in [-0.15, -0.1) is 0 Å². The highest BCUT2D eigenvalue weighted by molar-refractivity contribution is 7.61. The lowest BCUT2D eigenvalue weighted by atomic mass is 10.1. The van der Waals surface area contributed by atoms with E-state index in [4.69, 9.17) is 5.11 Å². The Morgan fingerprint density at radius 3 is 2.55 bits per heavy atom. The summed E-state index contributed by atoms with van der Waals surface area (Å²) in [5.74, 6) is -2.06. The summed E-state index contributed by atoms with van der Waals surface area (Å²) in [6.45, 7) is 3.11. The van der Waals surface area contributed by atoms with E-state index in [1.165, 1.54) is 17.7 Å². The molecule has 6 nitrogen and oxygen atoms in total. The molecule has 1 aromatic heterocycles. The predicted octanol–water partition coefficient (Wildman–Crippen LogP) is 2.46. The van der Waals surface area contributed by atoms with Crippen molar-refractivity contribution in [3.63, 3.8) is 0 Å². The fourth-order valence-corrected chi connectivity index (χ4v) is 3.21. The van der Waals surface area contributed by atoms with Gasteiger partial charge in [0, 0.05) is 18.6 Å². The molecule has 0 amide bonds.